The molecule has 1 aromatic heterocycles. The second kappa shape index (κ2) is 8.86. The Labute approximate surface area is 142 Å². The molecule has 6 nitrogen and oxygen atoms in total. The summed E-state index contributed by atoms with van der Waals surface area (Å²) in [5.41, 5.74) is 1.69. The lowest BCUT2D eigenvalue weighted by Gasteiger charge is -2.17. The van der Waals surface area contributed by atoms with Gasteiger partial charge in [0.2, 0.25) is 0 Å². The zero-order chi connectivity index (χ0) is 17.4. The molecule has 0 atom stereocenters. The van der Waals surface area contributed by atoms with E-state index in [0.717, 1.165) is 18.6 Å². The molecule has 0 fully saturated rings. The minimum atomic E-state index is -0.120. The maximum absolute atomic E-state index is 12.3. The second-order valence-electron chi connectivity index (χ2n) is 5.39. The quantitative estimate of drug-likeness (QED) is 0.697. The van der Waals surface area contributed by atoms with E-state index >= 15 is 0 Å². The molecule has 0 N–H and O–H groups in total. The zero-order valence-electron chi connectivity index (χ0n) is 14.4. The van der Waals surface area contributed by atoms with Crippen molar-refractivity contribution in [1.82, 2.24) is 14.9 Å². The monoisotopic (exact) mass is 329 g/mol. The van der Waals surface area contributed by atoms with E-state index in [0.29, 0.717) is 18.7 Å². The highest BCUT2D eigenvalue weighted by Gasteiger charge is 2.12. The first-order chi connectivity index (χ1) is 11.6. The van der Waals surface area contributed by atoms with E-state index in [-0.39, 0.29) is 11.9 Å². The van der Waals surface area contributed by atoms with Gasteiger partial charge in [-0.1, -0.05) is 19.1 Å². The van der Waals surface area contributed by atoms with E-state index in [1.54, 1.807) is 11.9 Å². The molecule has 128 valence electrons. The summed E-state index contributed by atoms with van der Waals surface area (Å²) in [5.74, 6) is 0.748. The summed E-state index contributed by atoms with van der Waals surface area (Å²) < 4.78 is 10.6. The Balaban J connectivity index is 1.77. The number of hydrogen-bond donors (Lipinski definition) is 0. The third-order valence-corrected chi connectivity index (χ3v) is 3.62. The van der Waals surface area contributed by atoms with Gasteiger partial charge in [0.05, 0.1) is 19.3 Å². The lowest BCUT2D eigenvalue weighted by atomic mass is 10.2. The number of carbonyl (C=O) groups excluding carboxylic acids is 1. The number of rotatable bonds is 8. The molecule has 0 aliphatic carbocycles. The van der Waals surface area contributed by atoms with E-state index < -0.39 is 0 Å². The highest BCUT2D eigenvalue weighted by molar-refractivity contribution is 5.93. The average Bonchev–Trinajstić information content (AvgIpc) is 2.64. The average molecular weight is 329 g/mol. The Kier molecular flexibility index (Phi) is 6.54. The van der Waals surface area contributed by atoms with E-state index in [1.165, 1.54) is 25.1 Å². The van der Waals surface area contributed by atoms with Gasteiger partial charge in [0.25, 0.3) is 5.91 Å². The molecule has 0 bridgehead atoms. The van der Waals surface area contributed by atoms with Crippen molar-refractivity contribution >= 4 is 5.91 Å². The standard InChI is InChI=1S/C18H23N3O3/c1-4-14-7-5-8-16(11-14)24-10-6-9-21(2)17(22)15-12-19-18(23-3)20-13-15/h5,7-8,11-13H,4,6,9-10H2,1-3H3. The molecule has 0 saturated heterocycles. The van der Waals surface area contributed by atoms with Crippen molar-refractivity contribution in [3.63, 3.8) is 0 Å². The summed E-state index contributed by atoms with van der Waals surface area (Å²) in [7, 11) is 3.24. The van der Waals surface area contributed by atoms with Gasteiger partial charge in [-0.25, -0.2) is 9.97 Å². The second-order valence-corrected chi connectivity index (χ2v) is 5.39. The molecule has 2 rings (SSSR count). The Bertz CT molecular complexity index is 659. The van der Waals surface area contributed by atoms with Crippen LogP contribution in [0, 0.1) is 0 Å². The molecule has 1 amide bonds. The molecule has 1 aromatic carbocycles. The minimum Gasteiger partial charge on any atom is -0.494 e. The molecule has 0 unspecified atom stereocenters. The van der Waals surface area contributed by atoms with E-state index in [2.05, 4.69) is 23.0 Å². The number of carbonyl (C=O) groups is 1. The lowest BCUT2D eigenvalue weighted by molar-refractivity contribution is 0.0787. The van der Waals surface area contributed by atoms with Gasteiger partial charge in [0, 0.05) is 26.0 Å². The van der Waals surface area contributed by atoms with Crippen LogP contribution in [0.4, 0.5) is 0 Å². The predicted molar refractivity (Wildman–Crippen MR) is 91.5 cm³/mol. The van der Waals surface area contributed by atoms with Gasteiger partial charge in [-0.05, 0) is 30.5 Å². The summed E-state index contributed by atoms with van der Waals surface area (Å²) in [5, 5.41) is 0. The van der Waals surface area contributed by atoms with Crippen LogP contribution in [0.5, 0.6) is 11.8 Å². The zero-order valence-corrected chi connectivity index (χ0v) is 14.4. The van der Waals surface area contributed by atoms with E-state index in [4.69, 9.17) is 9.47 Å². The molecule has 0 radical (unpaired) electrons. The SMILES string of the molecule is CCc1cccc(OCCCN(C)C(=O)c2cnc(OC)nc2)c1. The number of aryl methyl sites for hydroxylation is 1. The van der Waals surface area contributed by atoms with Crippen LogP contribution in [-0.4, -0.2) is 48.1 Å². The van der Waals surface area contributed by atoms with Gasteiger partial charge in [-0.15, -0.1) is 0 Å². The summed E-state index contributed by atoms with van der Waals surface area (Å²) in [6, 6.07) is 8.31. The topological polar surface area (TPSA) is 64.5 Å². The van der Waals surface area contributed by atoms with Crippen LogP contribution in [0.2, 0.25) is 0 Å². The first-order valence-electron chi connectivity index (χ1n) is 7.97. The van der Waals surface area contributed by atoms with Crippen molar-refractivity contribution in [3.8, 4) is 11.8 Å². The van der Waals surface area contributed by atoms with Crippen LogP contribution in [0.25, 0.3) is 0 Å². The normalized spacial score (nSPS) is 10.3. The maximum atomic E-state index is 12.3. The summed E-state index contributed by atoms with van der Waals surface area (Å²) in [4.78, 5) is 21.8. The Morgan fingerprint density at radius 2 is 2.00 bits per heavy atom. The molecule has 0 spiro atoms. The van der Waals surface area contributed by atoms with Crippen molar-refractivity contribution in [1.29, 1.82) is 0 Å². The minimum absolute atomic E-state index is 0.120. The van der Waals surface area contributed by atoms with Gasteiger partial charge in [0.1, 0.15) is 5.75 Å². The molecule has 1 heterocycles. The third-order valence-electron chi connectivity index (χ3n) is 3.62. The number of aromatic nitrogens is 2. The fraction of sp³-hybridized carbons (Fsp3) is 0.389. The maximum Gasteiger partial charge on any atom is 0.316 e. The fourth-order valence-electron chi connectivity index (χ4n) is 2.20. The molecular formula is C18H23N3O3. The van der Waals surface area contributed by atoms with Crippen molar-refractivity contribution in [2.45, 2.75) is 19.8 Å². The molecule has 6 heteroatoms. The van der Waals surface area contributed by atoms with Gasteiger partial charge in [0.15, 0.2) is 0 Å². The number of methoxy groups -OCH3 is 1. The Morgan fingerprint density at radius 1 is 1.25 bits per heavy atom. The Hall–Kier alpha value is -2.63. The van der Waals surface area contributed by atoms with Crippen molar-refractivity contribution in [2.75, 3.05) is 27.3 Å². The van der Waals surface area contributed by atoms with Crippen molar-refractivity contribution < 1.29 is 14.3 Å². The molecule has 2 aromatic rings. The van der Waals surface area contributed by atoms with Crippen LogP contribution >= 0.6 is 0 Å². The van der Waals surface area contributed by atoms with E-state index in [1.807, 2.05) is 18.2 Å². The van der Waals surface area contributed by atoms with Crippen molar-refractivity contribution in [3.05, 3.63) is 47.8 Å². The van der Waals surface area contributed by atoms with Gasteiger partial charge < -0.3 is 14.4 Å². The molecule has 0 aliphatic heterocycles. The largest absolute Gasteiger partial charge is 0.494 e. The highest BCUT2D eigenvalue weighted by Crippen LogP contribution is 2.14. The lowest BCUT2D eigenvalue weighted by Crippen LogP contribution is -2.28. The number of amides is 1. The number of ether oxygens (including phenoxy) is 2. The summed E-state index contributed by atoms with van der Waals surface area (Å²) >= 11 is 0. The predicted octanol–water partition coefficient (Wildman–Crippen LogP) is 2.59. The fourth-order valence-corrected chi connectivity index (χ4v) is 2.20. The first-order valence-corrected chi connectivity index (χ1v) is 7.97. The highest BCUT2D eigenvalue weighted by atomic mass is 16.5. The van der Waals surface area contributed by atoms with Crippen LogP contribution in [0.1, 0.15) is 29.3 Å². The van der Waals surface area contributed by atoms with Crippen LogP contribution < -0.4 is 9.47 Å². The van der Waals surface area contributed by atoms with Crippen LogP contribution in [0.3, 0.4) is 0 Å². The van der Waals surface area contributed by atoms with Crippen LogP contribution in [-0.2, 0) is 6.42 Å². The molecule has 0 aliphatic rings. The Morgan fingerprint density at radius 3 is 2.67 bits per heavy atom. The molecular weight excluding hydrogens is 306 g/mol. The smallest absolute Gasteiger partial charge is 0.316 e. The first kappa shape index (κ1) is 17.7. The van der Waals surface area contributed by atoms with Crippen molar-refractivity contribution in [2.24, 2.45) is 0 Å². The number of benzene rings is 1. The number of hydrogen-bond acceptors (Lipinski definition) is 5. The molecule has 24 heavy (non-hydrogen) atoms. The van der Waals surface area contributed by atoms with Gasteiger partial charge >= 0.3 is 6.01 Å². The van der Waals surface area contributed by atoms with E-state index in [9.17, 15) is 4.79 Å². The molecule has 0 saturated carbocycles. The number of nitrogens with zero attached hydrogens (tertiary/aromatic N) is 3. The summed E-state index contributed by atoms with van der Waals surface area (Å²) in [6.07, 6.45) is 4.67. The summed E-state index contributed by atoms with van der Waals surface area (Å²) in [6.45, 7) is 3.27. The van der Waals surface area contributed by atoms with Crippen LogP contribution in [0.15, 0.2) is 36.7 Å². The van der Waals surface area contributed by atoms with Gasteiger partial charge in [-0.2, -0.15) is 0 Å². The third kappa shape index (κ3) is 4.94. The van der Waals surface area contributed by atoms with Gasteiger partial charge in [-0.3, -0.25) is 4.79 Å².